The number of hydrogen-bond donors (Lipinski definition) is 2. The summed E-state index contributed by atoms with van der Waals surface area (Å²) in [4.78, 5) is 12.4. The van der Waals surface area contributed by atoms with Gasteiger partial charge < -0.3 is 10.3 Å². The van der Waals surface area contributed by atoms with Gasteiger partial charge in [-0.15, -0.1) is 0 Å². The second-order valence-electron chi connectivity index (χ2n) is 6.54. The molecule has 3 aromatic heterocycles. The van der Waals surface area contributed by atoms with Gasteiger partial charge in [0.25, 0.3) is 0 Å². The van der Waals surface area contributed by atoms with Crippen molar-refractivity contribution in [1.82, 2.24) is 24.6 Å². The Hall–Kier alpha value is -2.86. The van der Waals surface area contributed by atoms with E-state index in [0.717, 1.165) is 39.7 Å². The van der Waals surface area contributed by atoms with E-state index in [4.69, 9.17) is 11.6 Å². The number of rotatable bonds is 4. The van der Waals surface area contributed by atoms with Crippen LogP contribution in [-0.4, -0.2) is 31.6 Å². The Morgan fingerprint density at radius 1 is 1.12 bits per heavy atom. The normalized spacial score (nSPS) is 14.1. The van der Waals surface area contributed by atoms with Crippen molar-refractivity contribution >= 4 is 22.9 Å². The van der Waals surface area contributed by atoms with Crippen molar-refractivity contribution < 1.29 is 0 Å². The van der Waals surface area contributed by atoms with Crippen LogP contribution in [0.3, 0.4) is 0 Å². The van der Waals surface area contributed by atoms with Gasteiger partial charge in [0.05, 0.1) is 29.5 Å². The molecular weight excluding hydrogens is 348 g/mol. The fourth-order valence-electron chi connectivity index (χ4n) is 3.19. The summed E-state index contributed by atoms with van der Waals surface area (Å²) in [7, 11) is 1.84. The van der Waals surface area contributed by atoms with Gasteiger partial charge in [0.2, 0.25) is 0 Å². The number of hydrogen-bond acceptors (Lipinski definition) is 4. The van der Waals surface area contributed by atoms with Gasteiger partial charge in [-0.25, -0.2) is 14.5 Å². The summed E-state index contributed by atoms with van der Waals surface area (Å²) < 4.78 is 1.77. The largest absolute Gasteiger partial charge is 0.385 e. The highest BCUT2D eigenvalue weighted by atomic mass is 35.5. The molecule has 2 N–H and O–H groups in total. The van der Waals surface area contributed by atoms with Gasteiger partial charge in [-0.05, 0) is 18.4 Å². The van der Waals surface area contributed by atoms with Crippen molar-refractivity contribution in [3.05, 3.63) is 53.7 Å². The molecule has 1 aliphatic carbocycles. The third-order valence-corrected chi connectivity index (χ3v) is 4.94. The monoisotopic (exact) mass is 364 g/mol. The summed E-state index contributed by atoms with van der Waals surface area (Å²) in [5.74, 6) is 1.72. The van der Waals surface area contributed by atoms with Crippen LogP contribution in [0.25, 0.3) is 28.2 Å². The predicted octanol–water partition coefficient (Wildman–Crippen LogP) is 4.36. The maximum Gasteiger partial charge on any atom is 0.177 e. The van der Waals surface area contributed by atoms with Gasteiger partial charge in [-0.1, -0.05) is 35.9 Å². The highest BCUT2D eigenvalue weighted by Crippen LogP contribution is 2.39. The molecule has 0 unspecified atom stereocenters. The third-order valence-electron chi connectivity index (χ3n) is 4.76. The number of nitrogens with one attached hydrogen (secondary N) is 2. The maximum atomic E-state index is 6.15. The first-order valence-corrected chi connectivity index (χ1v) is 8.98. The van der Waals surface area contributed by atoms with Crippen LogP contribution in [0, 0.1) is 0 Å². The summed E-state index contributed by atoms with van der Waals surface area (Å²) in [6.07, 6.45) is 6.21. The number of halogens is 1. The number of aromatic nitrogens is 5. The summed E-state index contributed by atoms with van der Waals surface area (Å²) in [6, 6.07) is 10.1. The van der Waals surface area contributed by atoms with Crippen LogP contribution in [0.5, 0.6) is 0 Å². The lowest BCUT2D eigenvalue weighted by atomic mass is 10.1. The lowest BCUT2D eigenvalue weighted by molar-refractivity contribution is 0.944. The molecule has 4 aromatic rings. The molecule has 0 spiro atoms. The van der Waals surface area contributed by atoms with Crippen LogP contribution < -0.4 is 5.32 Å². The molecule has 0 amide bonds. The molecule has 5 rings (SSSR count). The Morgan fingerprint density at radius 3 is 2.62 bits per heavy atom. The maximum absolute atomic E-state index is 6.15. The highest BCUT2D eigenvalue weighted by Gasteiger charge is 2.26. The van der Waals surface area contributed by atoms with Crippen LogP contribution in [0.4, 0.5) is 5.69 Å². The van der Waals surface area contributed by atoms with Crippen LogP contribution in [0.1, 0.15) is 24.6 Å². The van der Waals surface area contributed by atoms with Crippen molar-refractivity contribution in [3.8, 4) is 22.5 Å². The standard InChI is InChI=1S/C19H17ClN6/c1-21-14-8-17(20)25-26-16(10-23-19(14)26)12-4-2-11(3-5-12)15-9-22-18(24-15)13-6-7-13/h2-5,8-10,13,21H,6-7H2,1H3,(H,22,24). The summed E-state index contributed by atoms with van der Waals surface area (Å²) in [6.45, 7) is 0. The molecule has 0 atom stereocenters. The predicted molar refractivity (Wildman–Crippen MR) is 103 cm³/mol. The van der Waals surface area contributed by atoms with Gasteiger partial charge in [0.15, 0.2) is 10.8 Å². The van der Waals surface area contributed by atoms with Crippen molar-refractivity contribution in [2.45, 2.75) is 18.8 Å². The molecule has 0 aliphatic heterocycles. The molecule has 1 fully saturated rings. The average Bonchev–Trinajstić information content (AvgIpc) is 3.24. The van der Waals surface area contributed by atoms with Gasteiger partial charge in [-0.2, -0.15) is 5.10 Å². The molecule has 7 heteroatoms. The zero-order valence-electron chi connectivity index (χ0n) is 14.2. The van der Waals surface area contributed by atoms with Crippen molar-refractivity contribution in [3.63, 3.8) is 0 Å². The Balaban J connectivity index is 1.52. The Kier molecular flexibility index (Phi) is 3.46. The highest BCUT2D eigenvalue weighted by molar-refractivity contribution is 6.29. The quantitative estimate of drug-likeness (QED) is 0.564. The van der Waals surface area contributed by atoms with E-state index in [2.05, 4.69) is 49.6 Å². The first-order chi connectivity index (χ1) is 12.7. The molecule has 1 saturated carbocycles. The van der Waals surface area contributed by atoms with Gasteiger partial charge in [0, 0.05) is 24.6 Å². The van der Waals surface area contributed by atoms with Crippen molar-refractivity contribution in [1.29, 1.82) is 0 Å². The van der Waals surface area contributed by atoms with E-state index in [0.29, 0.717) is 11.1 Å². The van der Waals surface area contributed by atoms with E-state index in [9.17, 15) is 0 Å². The lowest BCUT2D eigenvalue weighted by Gasteiger charge is -2.06. The molecule has 3 heterocycles. The fourth-order valence-corrected chi connectivity index (χ4v) is 3.37. The Labute approximate surface area is 155 Å². The molecule has 26 heavy (non-hydrogen) atoms. The van der Waals surface area contributed by atoms with Crippen LogP contribution in [0.15, 0.2) is 42.7 Å². The van der Waals surface area contributed by atoms with E-state index < -0.39 is 0 Å². The van der Waals surface area contributed by atoms with Crippen LogP contribution >= 0.6 is 11.6 Å². The first kappa shape index (κ1) is 15.4. The fraction of sp³-hybridized carbons (Fsp3) is 0.211. The Morgan fingerprint density at radius 2 is 1.88 bits per heavy atom. The number of H-pyrrole nitrogens is 1. The lowest BCUT2D eigenvalue weighted by Crippen LogP contribution is -1.99. The second kappa shape index (κ2) is 5.85. The number of fused-ring (bicyclic) bond motifs is 1. The van der Waals surface area contributed by atoms with E-state index in [1.165, 1.54) is 12.8 Å². The number of benzene rings is 1. The van der Waals surface area contributed by atoms with Crippen LogP contribution in [0.2, 0.25) is 5.15 Å². The Bertz CT molecular complexity index is 1090. The molecule has 6 nitrogen and oxygen atoms in total. The van der Waals surface area contributed by atoms with E-state index in [1.807, 2.05) is 19.4 Å². The average molecular weight is 365 g/mol. The van der Waals surface area contributed by atoms with Gasteiger partial charge in [-0.3, -0.25) is 0 Å². The minimum absolute atomic E-state index is 0.419. The topological polar surface area (TPSA) is 70.9 Å². The first-order valence-electron chi connectivity index (χ1n) is 8.60. The number of imidazole rings is 2. The number of nitrogens with zero attached hydrogens (tertiary/aromatic N) is 4. The molecule has 0 saturated heterocycles. The summed E-state index contributed by atoms with van der Waals surface area (Å²) in [5, 5.41) is 7.92. The van der Waals surface area contributed by atoms with Gasteiger partial charge >= 0.3 is 0 Å². The molecule has 1 aliphatic rings. The zero-order valence-corrected chi connectivity index (χ0v) is 15.0. The second-order valence-corrected chi connectivity index (χ2v) is 6.93. The molecular formula is C19H17ClN6. The third kappa shape index (κ3) is 2.54. The molecule has 130 valence electrons. The SMILES string of the molecule is CNc1cc(Cl)nn2c(-c3ccc(-c4cnc(C5CC5)[nH]4)cc3)cnc12. The minimum Gasteiger partial charge on any atom is -0.385 e. The summed E-state index contributed by atoms with van der Waals surface area (Å²) >= 11 is 6.15. The number of anilines is 1. The van der Waals surface area contributed by atoms with Gasteiger partial charge in [0.1, 0.15) is 5.82 Å². The minimum atomic E-state index is 0.419. The summed E-state index contributed by atoms with van der Waals surface area (Å²) in [5.41, 5.74) is 5.68. The van der Waals surface area contributed by atoms with Crippen molar-refractivity contribution in [2.24, 2.45) is 0 Å². The molecule has 1 aromatic carbocycles. The van der Waals surface area contributed by atoms with E-state index in [1.54, 1.807) is 10.6 Å². The smallest absolute Gasteiger partial charge is 0.177 e. The number of aromatic amines is 1. The van der Waals surface area contributed by atoms with E-state index >= 15 is 0 Å². The zero-order chi connectivity index (χ0) is 17.7. The van der Waals surface area contributed by atoms with Crippen molar-refractivity contribution in [2.75, 3.05) is 12.4 Å². The van der Waals surface area contributed by atoms with E-state index in [-0.39, 0.29) is 0 Å². The van der Waals surface area contributed by atoms with Crippen LogP contribution in [-0.2, 0) is 0 Å². The molecule has 0 bridgehead atoms. The molecule has 0 radical (unpaired) electrons.